The van der Waals surface area contributed by atoms with Crippen molar-refractivity contribution in [2.24, 2.45) is 0 Å². The molecular formula is C10H9FN2S. The van der Waals surface area contributed by atoms with Gasteiger partial charge in [0.2, 0.25) is 0 Å². The summed E-state index contributed by atoms with van der Waals surface area (Å²) in [5, 5.41) is 0. The molecule has 1 aromatic heterocycles. The number of rotatable bonds is 2. The molecule has 0 saturated carbocycles. The highest BCUT2D eigenvalue weighted by atomic mass is 32.1. The Morgan fingerprint density at radius 2 is 2.36 bits per heavy atom. The van der Waals surface area contributed by atoms with Gasteiger partial charge in [0.05, 0.1) is 5.52 Å². The first-order chi connectivity index (χ1) is 6.74. The number of benzene rings is 1. The molecule has 4 heteroatoms. The number of allylic oxidation sites excluding steroid dienone is 1. The predicted molar refractivity (Wildman–Crippen MR) is 57.3 cm³/mol. The Kier molecular flexibility index (Phi) is 2.21. The number of hydrogen-bond donors (Lipinski definition) is 1. The molecule has 2 aromatic rings. The molecule has 0 spiro atoms. The van der Waals surface area contributed by atoms with Crippen LogP contribution in [0.25, 0.3) is 11.0 Å². The summed E-state index contributed by atoms with van der Waals surface area (Å²) in [6.45, 7) is 4.22. The summed E-state index contributed by atoms with van der Waals surface area (Å²) in [4.78, 5) is 2.84. The Morgan fingerprint density at radius 3 is 3.07 bits per heavy atom. The van der Waals surface area contributed by atoms with Gasteiger partial charge < -0.3 is 9.55 Å². The van der Waals surface area contributed by atoms with Crippen LogP contribution >= 0.6 is 12.2 Å². The Bertz CT molecular complexity index is 539. The second-order valence-electron chi connectivity index (χ2n) is 2.96. The molecule has 0 fully saturated rings. The third-order valence-corrected chi connectivity index (χ3v) is 2.39. The second-order valence-corrected chi connectivity index (χ2v) is 3.35. The van der Waals surface area contributed by atoms with E-state index in [4.69, 9.17) is 12.2 Å². The number of halogens is 1. The number of aromatic amines is 1. The number of H-pyrrole nitrogens is 1. The molecule has 0 amide bonds. The Balaban J connectivity index is 2.83. The Hall–Kier alpha value is -1.42. The third kappa shape index (κ3) is 1.28. The smallest absolute Gasteiger partial charge is 0.178 e. The highest BCUT2D eigenvalue weighted by Crippen LogP contribution is 2.16. The zero-order valence-electron chi connectivity index (χ0n) is 7.46. The van der Waals surface area contributed by atoms with Crippen LogP contribution in [0.2, 0.25) is 0 Å². The molecule has 0 bridgehead atoms. The monoisotopic (exact) mass is 208 g/mol. The van der Waals surface area contributed by atoms with E-state index >= 15 is 0 Å². The summed E-state index contributed by atoms with van der Waals surface area (Å²) < 4.78 is 15.6. The van der Waals surface area contributed by atoms with Gasteiger partial charge in [-0.3, -0.25) is 0 Å². The minimum Gasteiger partial charge on any atom is -0.328 e. The lowest BCUT2D eigenvalue weighted by atomic mass is 10.3. The standard InChI is InChI=1S/C10H9FN2S/c1-2-6-13-8-5-3-4-7(11)9(8)12-10(13)14/h2-5H,1,6H2,(H,12,14). The molecule has 0 aliphatic carbocycles. The maximum absolute atomic E-state index is 13.3. The molecule has 0 unspecified atom stereocenters. The van der Waals surface area contributed by atoms with E-state index in [2.05, 4.69) is 11.6 Å². The molecule has 0 radical (unpaired) electrons. The van der Waals surface area contributed by atoms with Gasteiger partial charge in [0.1, 0.15) is 11.3 Å². The van der Waals surface area contributed by atoms with Crippen LogP contribution in [0.5, 0.6) is 0 Å². The van der Waals surface area contributed by atoms with Crippen LogP contribution in [0, 0.1) is 10.6 Å². The summed E-state index contributed by atoms with van der Waals surface area (Å²) in [7, 11) is 0. The minimum absolute atomic E-state index is 0.281. The van der Waals surface area contributed by atoms with Gasteiger partial charge in [0.25, 0.3) is 0 Å². The fraction of sp³-hybridized carbons (Fsp3) is 0.100. The lowest BCUT2D eigenvalue weighted by Crippen LogP contribution is -1.93. The first kappa shape index (κ1) is 9.15. The van der Waals surface area contributed by atoms with Crippen LogP contribution in [0.3, 0.4) is 0 Å². The van der Waals surface area contributed by atoms with Gasteiger partial charge in [-0.05, 0) is 24.4 Å². The second kappa shape index (κ2) is 3.38. The topological polar surface area (TPSA) is 20.7 Å². The van der Waals surface area contributed by atoms with E-state index < -0.39 is 0 Å². The summed E-state index contributed by atoms with van der Waals surface area (Å²) in [6, 6.07) is 4.90. The minimum atomic E-state index is -0.281. The molecule has 1 N–H and O–H groups in total. The fourth-order valence-corrected chi connectivity index (χ4v) is 1.73. The number of para-hydroxylation sites is 1. The molecule has 1 aromatic carbocycles. The number of aromatic nitrogens is 2. The van der Waals surface area contributed by atoms with Crippen LogP contribution in [-0.4, -0.2) is 9.55 Å². The van der Waals surface area contributed by atoms with Crippen molar-refractivity contribution in [1.29, 1.82) is 0 Å². The fourth-order valence-electron chi connectivity index (χ4n) is 1.46. The first-order valence-corrected chi connectivity index (χ1v) is 4.63. The average Bonchev–Trinajstić information content (AvgIpc) is 2.47. The highest BCUT2D eigenvalue weighted by Gasteiger charge is 2.06. The molecule has 0 aliphatic heterocycles. The van der Waals surface area contributed by atoms with Crippen molar-refractivity contribution in [3.8, 4) is 0 Å². The van der Waals surface area contributed by atoms with Crippen molar-refractivity contribution < 1.29 is 4.39 Å². The Morgan fingerprint density at radius 1 is 1.57 bits per heavy atom. The van der Waals surface area contributed by atoms with Gasteiger partial charge in [-0.1, -0.05) is 12.1 Å². The van der Waals surface area contributed by atoms with E-state index in [1.54, 1.807) is 16.7 Å². The summed E-state index contributed by atoms with van der Waals surface area (Å²) in [5.74, 6) is -0.281. The van der Waals surface area contributed by atoms with E-state index in [0.717, 1.165) is 5.52 Å². The molecule has 1 heterocycles. The maximum Gasteiger partial charge on any atom is 0.178 e. The SMILES string of the molecule is C=CCn1c(=S)[nH]c2c(F)cccc21. The molecule has 0 saturated heterocycles. The van der Waals surface area contributed by atoms with Crippen molar-refractivity contribution in [1.82, 2.24) is 9.55 Å². The molecule has 0 aliphatic rings. The van der Waals surface area contributed by atoms with E-state index in [0.29, 0.717) is 16.8 Å². The summed E-state index contributed by atoms with van der Waals surface area (Å²) >= 11 is 5.07. The van der Waals surface area contributed by atoms with Gasteiger partial charge in [-0.25, -0.2) is 4.39 Å². The molecule has 14 heavy (non-hydrogen) atoms. The van der Waals surface area contributed by atoms with Crippen LogP contribution in [0.4, 0.5) is 4.39 Å². The van der Waals surface area contributed by atoms with Gasteiger partial charge in [-0.2, -0.15) is 0 Å². The zero-order chi connectivity index (χ0) is 10.1. The number of fused-ring (bicyclic) bond motifs is 1. The Labute approximate surface area is 85.7 Å². The van der Waals surface area contributed by atoms with E-state index in [1.165, 1.54) is 6.07 Å². The number of hydrogen-bond acceptors (Lipinski definition) is 1. The van der Waals surface area contributed by atoms with Gasteiger partial charge in [-0.15, -0.1) is 6.58 Å². The predicted octanol–water partition coefficient (Wildman–Crippen LogP) is 3.02. The average molecular weight is 208 g/mol. The van der Waals surface area contributed by atoms with Crippen molar-refractivity contribution in [3.63, 3.8) is 0 Å². The normalized spacial score (nSPS) is 10.6. The highest BCUT2D eigenvalue weighted by molar-refractivity contribution is 7.71. The quantitative estimate of drug-likeness (QED) is 0.594. The van der Waals surface area contributed by atoms with Crippen LogP contribution < -0.4 is 0 Å². The lowest BCUT2D eigenvalue weighted by molar-refractivity contribution is 0.637. The van der Waals surface area contributed by atoms with Crippen molar-refractivity contribution in [3.05, 3.63) is 41.4 Å². The number of nitrogens with one attached hydrogen (secondary N) is 1. The maximum atomic E-state index is 13.3. The van der Waals surface area contributed by atoms with Gasteiger partial charge >= 0.3 is 0 Å². The molecular weight excluding hydrogens is 199 g/mol. The largest absolute Gasteiger partial charge is 0.328 e. The summed E-state index contributed by atoms with van der Waals surface area (Å²) in [6.07, 6.45) is 1.73. The third-order valence-electron chi connectivity index (χ3n) is 2.07. The molecule has 2 nitrogen and oxygen atoms in total. The van der Waals surface area contributed by atoms with Gasteiger partial charge in [0.15, 0.2) is 4.77 Å². The van der Waals surface area contributed by atoms with Crippen molar-refractivity contribution in [2.45, 2.75) is 6.54 Å². The molecule has 0 atom stereocenters. The number of nitrogens with zero attached hydrogens (tertiary/aromatic N) is 1. The van der Waals surface area contributed by atoms with E-state index in [1.807, 2.05) is 6.07 Å². The van der Waals surface area contributed by atoms with Crippen molar-refractivity contribution in [2.75, 3.05) is 0 Å². The first-order valence-electron chi connectivity index (χ1n) is 4.22. The van der Waals surface area contributed by atoms with Gasteiger partial charge in [0, 0.05) is 6.54 Å². The zero-order valence-corrected chi connectivity index (χ0v) is 8.27. The summed E-state index contributed by atoms with van der Waals surface area (Å²) in [5.41, 5.74) is 1.23. The molecule has 72 valence electrons. The number of imidazole rings is 1. The lowest BCUT2D eigenvalue weighted by Gasteiger charge is -1.98. The molecule has 2 rings (SSSR count). The van der Waals surface area contributed by atoms with Crippen LogP contribution in [0.15, 0.2) is 30.9 Å². The van der Waals surface area contributed by atoms with Crippen molar-refractivity contribution >= 4 is 23.3 Å². The van der Waals surface area contributed by atoms with E-state index in [-0.39, 0.29) is 5.82 Å². The van der Waals surface area contributed by atoms with Crippen LogP contribution in [0.1, 0.15) is 0 Å². The van der Waals surface area contributed by atoms with E-state index in [9.17, 15) is 4.39 Å². The van der Waals surface area contributed by atoms with Crippen LogP contribution in [-0.2, 0) is 6.54 Å².